The van der Waals surface area contributed by atoms with Crippen LogP contribution in [0.25, 0.3) is 0 Å². The maximum Gasteiger partial charge on any atom is 0.196 e. The number of rotatable bonds is 8. The van der Waals surface area contributed by atoms with E-state index in [4.69, 9.17) is 5.26 Å². The number of hydrogen-bond donors (Lipinski definition) is 0. The molecule has 1 aromatic rings. The van der Waals surface area contributed by atoms with Crippen molar-refractivity contribution in [3.63, 3.8) is 0 Å². The van der Waals surface area contributed by atoms with E-state index in [-0.39, 0.29) is 0 Å². The summed E-state index contributed by atoms with van der Waals surface area (Å²) in [5.41, 5.74) is 2.91. The van der Waals surface area contributed by atoms with Gasteiger partial charge in [-0.15, -0.1) is 0 Å². The summed E-state index contributed by atoms with van der Waals surface area (Å²) >= 11 is 0. The quantitative estimate of drug-likeness (QED) is 0.498. The second-order valence-electron chi connectivity index (χ2n) is 7.23. The van der Waals surface area contributed by atoms with Crippen molar-refractivity contribution >= 4 is 0 Å². The second-order valence-corrected chi connectivity index (χ2v) is 7.23. The number of hydrogen-bond acceptors (Lipinski definition) is 1. The first-order valence-corrected chi connectivity index (χ1v) is 9.54. The molecular weight excluding hydrogens is 297 g/mol. The standard InChI is InChI=1S/C22H30FN/c1-2-4-18-7-11-20(12-8-18)15-16-21-13-9-19(10-14-21)5-3-6-22(23)17-24/h6-8,11-12,19,21H,2-5,9-10,13-16H2,1H3/b22-6-. The Morgan fingerprint density at radius 2 is 1.58 bits per heavy atom. The third-order valence-corrected chi connectivity index (χ3v) is 5.37. The van der Waals surface area contributed by atoms with Crippen LogP contribution in [0.2, 0.25) is 0 Å². The minimum atomic E-state index is -0.631. The molecule has 130 valence electrons. The number of nitrogens with zero attached hydrogens (tertiary/aromatic N) is 1. The van der Waals surface area contributed by atoms with Crippen molar-refractivity contribution in [1.29, 1.82) is 5.26 Å². The highest BCUT2D eigenvalue weighted by molar-refractivity contribution is 5.22. The Bertz CT molecular complexity index is 544. The first kappa shape index (κ1) is 18.7. The van der Waals surface area contributed by atoms with Crippen molar-refractivity contribution < 1.29 is 4.39 Å². The summed E-state index contributed by atoms with van der Waals surface area (Å²) in [5, 5.41) is 8.41. The topological polar surface area (TPSA) is 23.8 Å². The van der Waals surface area contributed by atoms with Gasteiger partial charge in [0.15, 0.2) is 5.83 Å². The summed E-state index contributed by atoms with van der Waals surface area (Å²) in [7, 11) is 0. The van der Waals surface area contributed by atoms with Crippen LogP contribution >= 0.6 is 0 Å². The average molecular weight is 327 g/mol. The van der Waals surface area contributed by atoms with Gasteiger partial charge < -0.3 is 0 Å². The number of benzene rings is 1. The Morgan fingerprint density at radius 1 is 1.04 bits per heavy atom. The molecule has 0 aromatic heterocycles. The third kappa shape index (κ3) is 6.48. The van der Waals surface area contributed by atoms with Crippen LogP contribution in [0.3, 0.4) is 0 Å². The van der Waals surface area contributed by atoms with Crippen LogP contribution in [0.5, 0.6) is 0 Å². The molecule has 0 unspecified atom stereocenters. The van der Waals surface area contributed by atoms with Gasteiger partial charge in [0.2, 0.25) is 0 Å². The fourth-order valence-corrected chi connectivity index (χ4v) is 3.83. The van der Waals surface area contributed by atoms with Crippen LogP contribution in [-0.2, 0) is 12.8 Å². The number of nitriles is 1. The molecule has 0 spiro atoms. The Morgan fingerprint density at radius 3 is 2.12 bits per heavy atom. The summed E-state index contributed by atoms with van der Waals surface area (Å²) in [6, 6.07) is 10.7. The molecule has 0 amide bonds. The summed E-state index contributed by atoms with van der Waals surface area (Å²) in [6.45, 7) is 2.22. The van der Waals surface area contributed by atoms with Gasteiger partial charge in [-0.2, -0.15) is 9.65 Å². The Hall–Kier alpha value is -1.62. The molecule has 2 rings (SSSR count). The van der Waals surface area contributed by atoms with Gasteiger partial charge in [0.1, 0.15) is 6.07 Å². The van der Waals surface area contributed by atoms with Crippen LogP contribution in [0, 0.1) is 23.2 Å². The highest BCUT2D eigenvalue weighted by atomic mass is 19.1. The van der Waals surface area contributed by atoms with E-state index < -0.39 is 5.83 Å². The second kappa shape index (κ2) is 10.3. The van der Waals surface area contributed by atoms with E-state index in [9.17, 15) is 4.39 Å². The molecule has 1 aromatic carbocycles. The van der Waals surface area contributed by atoms with Crippen molar-refractivity contribution in [2.45, 2.75) is 71.1 Å². The van der Waals surface area contributed by atoms with E-state index in [1.165, 1.54) is 68.6 Å². The highest BCUT2D eigenvalue weighted by Gasteiger charge is 2.20. The largest absolute Gasteiger partial charge is 0.196 e. The number of halogens is 1. The number of allylic oxidation sites excluding steroid dienone is 2. The van der Waals surface area contributed by atoms with Gasteiger partial charge in [0, 0.05) is 0 Å². The van der Waals surface area contributed by atoms with E-state index in [2.05, 4.69) is 31.2 Å². The maximum absolute atomic E-state index is 12.8. The molecule has 0 atom stereocenters. The molecule has 24 heavy (non-hydrogen) atoms. The molecule has 1 nitrogen and oxygen atoms in total. The van der Waals surface area contributed by atoms with Gasteiger partial charge in [-0.3, -0.25) is 0 Å². The predicted octanol–water partition coefficient (Wildman–Crippen LogP) is 6.54. The minimum Gasteiger partial charge on any atom is -0.195 e. The SMILES string of the molecule is CCCc1ccc(CCC2CCC(CC/C=C(\F)C#N)CC2)cc1. The maximum atomic E-state index is 12.8. The van der Waals surface area contributed by atoms with E-state index in [1.54, 1.807) is 6.07 Å². The van der Waals surface area contributed by atoms with Crippen molar-refractivity contribution in [2.24, 2.45) is 11.8 Å². The first-order valence-electron chi connectivity index (χ1n) is 9.54. The molecule has 2 heteroatoms. The van der Waals surface area contributed by atoms with Gasteiger partial charge in [0.05, 0.1) is 0 Å². The van der Waals surface area contributed by atoms with Gasteiger partial charge in [-0.25, -0.2) is 0 Å². The van der Waals surface area contributed by atoms with Crippen molar-refractivity contribution in [2.75, 3.05) is 0 Å². The predicted molar refractivity (Wildman–Crippen MR) is 98.2 cm³/mol. The van der Waals surface area contributed by atoms with Gasteiger partial charge in [-0.1, -0.05) is 63.3 Å². The van der Waals surface area contributed by atoms with E-state index in [0.29, 0.717) is 6.42 Å². The Labute approximate surface area is 146 Å². The molecule has 0 N–H and O–H groups in total. The van der Waals surface area contributed by atoms with Crippen LogP contribution in [0.15, 0.2) is 36.2 Å². The highest BCUT2D eigenvalue weighted by Crippen LogP contribution is 2.34. The molecular formula is C22H30FN. The zero-order chi connectivity index (χ0) is 17.2. The smallest absolute Gasteiger partial charge is 0.195 e. The Balaban J connectivity index is 1.65. The molecule has 1 fully saturated rings. The zero-order valence-electron chi connectivity index (χ0n) is 14.9. The lowest BCUT2D eigenvalue weighted by Crippen LogP contribution is -2.15. The lowest BCUT2D eigenvalue weighted by Gasteiger charge is -2.28. The normalized spacial score (nSPS) is 21.5. The minimum absolute atomic E-state index is 0.631. The molecule has 1 saturated carbocycles. The van der Waals surface area contributed by atoms with Gasteiger partial charge in [0.25, 0.3) is 0 Å². The van der Waals surface area contributed by atoms with Crippen LogP contribution < -0.4 is 0 Å². The van der Waals surface area contributed by atoms with E-state index in [1.807, 2.05) is 0 Å². The van der Waals surface area contributed by atoms with Gasteiger partial charge >= 0.3 is 0 Å². The first-order chi connectivity index (χ1) is 11.7. The van der Waals surface area contributed by atoms with Crippen molar-refractivity contribution in [3.8, 4) is 6.07 Å². The summed E-state index contributed by atoms with van der Waals surface area (Å²) < 4.78 is 12.8. The molecule has 0 radical (unpaired) electrons. The fraction of sp³-hybridized carbons (Fsp3) is 0.591. The molecule has 0 heterocycles. The average Bonchev–Trinajstić information content (AvgIpc) is 2.62. The van der Waals surface area contributed by atoms with E-state index >= 15 is 0 Å². The monoisotopic (exact) mass is 327 g/mol. The molecule has 0 aliphatic heterocycles. The summed E-state index contributed by atoms with van der Waals surface area (Å²) in [5.74, 6) is 0.939. The molecule has 1 aliphatic carbocycles. The molecule has 0 bridgehead atoms. The van der Waals surface area contributed by atoms with Crippen LogP contribution in [0.4, 0.5) is 4.39 Å². The lowest BCUT2D eigenvalue weighted by atomic mass is 9.78. The summed E-state index contributed by atoms with van der Waals surface area (Å²) in [4.78, 5) is 0. The molecule has 1 aliphatic rings. The van der Waals surface area contributed by atoms with Crippen molar-refractivity contribution in [1.82, 2.24) is 0 Å². The number of aryl methyl sites for hydroxylation is 2. The van der Waals surface area contributed by atoms with Gasteiger partial charge in [-0.05, 0) is 61.1 Å². The lowest BCUT2D eigenvalue weighted by molar-refractivity contribution is 0.254. The van der Waals surface area contributed by atoms with Crippen LogP contribution in [-0.4, -0.2) is 0 Å². The van der Waals surface area contributed by atoms with Crippen molar-refractivity contribution in [3.05, 3.63) is 47.3 Å². The molecule has 0 saturated heterocycles. The zero-order valence-corrected chi connectivity index (χ0v) is 14.9. The van der Waals surface area contributed by atoms with E-state index in [0.717, 1.165) is 18.3 Å². The Kier molecular flexibility index (Phi) is 8.02. The fourth-order valence-electron chi connectivity index (χ4n) is 3.83. The van der Waals surface area contributed by atoms with Crippen LogP contribution in [0.1, 0.15) is 69.4 Å². The summed E-state index contributed by atoms with van der Waals surface area (Å²) in [6.07, 6.45) is 13.2. The third-order valence-electron chi connectivity index (χ3n) is 5.37.